The van der Waals surface area contributed by atoms with E-state index in [1.807, 2.05) is 13.0 Å². The van der Waals surface area contributed by atoms with Gasteiger partial charge >= 0.3 is 6.18 Å². The number of sulfonamides is 1. The van der Waals surface area contributed by atoms with Crippen molar-refractivity contribution >= 4 is 38.9 Å². The van der Waals surface area contributed by atoms with Crippen LogP contribution in [0.5, 0.6) is 0 Å². The predicted molar refractivity (Wildman–Crippen MR) is 108 cm³/mol. The van der Waals surface area contributed by atoms with Crippen molar-refractivity contribution in [3.63, 3.8) is 0 Å². The summed E-state index contributed by atoms with van der Waals surface area (Å²) in [7, 11) is -4.08. The number of anilines is 2. The van der Waals surface area contributed by atoms with Gasteiger partial charge in [0, 0.05) is 5.69 Å². The molecule has 5 nitrogen and oxygen atoms in total. The van der Waals surface area contributed by atoms with Crippen molar-refractivity contribution in [3.8, 4) is 0 Å². The van der Waals surface area contributed by atoms with Gasteiger partial charge in [-0.1, -0.05) is 29.3 Å². The first kappa shape index (κ1) is 23.0. The number of nitrogens with one attached hydrogen (secondary N) is 1. The number of benzene rings is 2. The van der Waals surface area contributed by atoms with Crippen LogP contribution in [0.2, 0.25) is 5.02 Å². The third-order valence-corrected chi connectivity index (χ3v) is 5.81. The van der Waals surface area contributed by atoms with Crippen molar-refractivity contribution in [2.75, 3.05) is 15.9 Å². The number of carbonyl (C=O) groups is 1. The van der Waals surface area contributed by atoms with Crippen molar-refractivity contribution in [2.45, 2.75) is 33.0 Å². The van der Waals surface area contributed by atoms with Crippen molar-refractivity contribution in [3.05, 3.63) is 58.1 Å². The first-order chi connectivity index (χ1) is 13.2. The molecule has 1 atom stereocenters. The Morgan fingerprint density at radius 3 is 2.28 bits per heavy atom. The van der Waals surface area contributed by atoms with E-state index in [1.165, 1.54) is 6.92 Å². The minimum atomic E-state index is -4.78. The summed E-state index contributed by atoms with van der Waals surface area (Å²) in [6.07, 6.45) is -3.96. The average Bonchev–Trinajstić information content (AvgIpc) is 2.56. The largest absolute Gasteiger partial charge is 0.417 e. The maximum absolute atomic E-state index is 13.2. The molecule has 0 heterocycles. The van der Waals surface area contributed by atoms with Crippen LogP contribution < -0.4 is 9.62 Å². The number of nitrogens with zero attached hydrogens (tertiary/aromatic N) is 1. The smallest absolute Gasteiger partial charge is 0.324 e. The lowest BCUT2D eigenvalue weighted by Gasteiger charge is -2.29. The van der Waals surface area contributed by atoms with Crippen molar-refractivity contribution in [1.82, 2.24) is 0 Å². The van der Waals surface area contributed by atoms with Gasteiger partial charge in [-0.2, -0.15) is 13.2 Å². The minimum absolute atomic E-state index is 0.312. The standard InChI is InChI=1S/C19H20ClF3N2O3S/c1-11-5-8-17(12(2)9-11)24-18(26)13(3)25(29(4,27)28)14-6-7-16(20)15(10-14)19(21,22)23/h5-10,13H,1-4H3,(H,24,26). The summed E-state index contributed by atoms with van der Waals surface area (Å²) in [6, 6.07) is 6.66. The number of aryl methyl sites for hydroxylation is 2. The maximum Gasteiger partial charge on any atom is 0.417 e. The molecule has 1 unspecified atom stereocenters. The lowest BCUT2D eigenvalue weighted by atomic mass is 10.1. The molecule has 10 heteroatoms. The van der Waals surface area contributed by atoms with Crippen LogP contribution in [0.25, 0.3) is 0 Å². The molecule has 2 aromatic rings. The Balaban J connectivity index is 2.44. The second kappa shape index (κ2) is 8.23. The van der Waals surface area contributed by atoms with Gasteiger partial charge in [-0.05, 0) is 50.6 Å². The average molecular weight is 449 g/mol. The number of amides is 1. The van der Waals surface area contributed by atoms with E-state index < -0.39 is 38.7 Å². The van der Waals surface area contributed by atoms with Gasteiger partial charge in [0.25, 0.3) is 0 Å². The highest BCUT2D eigenvalue weighted by molar-refractivity contribution is 7.92. The van der Waals surface area contributed by atoms with Crippen LogP contribution in [0, 0.1) is 13.8 Å². The van der Waals surface area contributed by atoms with Crippen LogP contribution in [-0.4, -0.2) is 26.6 Å². The Morgan fingerprint density at radius 1 is 1.14 bits per heavy atom. The topological polar surface area (TPSA) is 66.5 Å². The Bertz CT molecular complexity index is 1040. The maximum atomic E-state index is 13.2. The molecular formula is C19H20ClF3N2O3S. The normalized spacial score (nSPS) is 13.1. The van der Waals surface area contributed by atoms with Gasteiger partial charge in [0.15, 0.2) is 0 Å². The molecule has 0 fully saturated rings. The second-order valence-electron chi connectivity index (χ2n) is 6.70. The van der Waals surface area contributed by atoms with E-state index in [1.54, 1.807) is 19.1 Å². The van der Waals surface area contributed by atoms with E-state index in [0.29, 0.717) is 16.1 Å². The third-order valence-electron chi connectivity index (χ3n) is 4.24. The Hall–Kier alpha value is -2.26. The van der Waals surface area contributed by atoms with E-state index in [0.717, 1.165) is 29.5 Å². The zero-order chi connectivity index (χ0) is 22.1. The van der Waals surface area contributed by atoms with Crippen LogP contribution in [0.15, 0.2) is 36.4 Å². The number of alkyl halides is 3. The first-order valence-corrected chi connectivity index (χ1v) is 10.7. The van der Waals surface area contributed by atoms with Gasteiger partial charge in [-0.15, -0.1) is 0 Å². The highest BCUT2D eigenvalue weighted by Gasteiger charge is 2.36. The van der Waals surface area contributed by atoms with E-state index in [-0.39, 0.29) is 5.69 Å². The summed E-state index contributed by atoms with van der Waals surface area (Å²) >= 11 is 5.61. The van der Waals surface area contributed by atoms with Gasteiger partial charge in [0.05, 0.1) is 22.5 Å². The molecule has 0 aliphatic carbocycles. The molecule has 0 aromatic heterocycles. The summed E-state index contributed by atoms with van der Waals surface area (Å²) in [5.74, 6) is -0.689. The van der Waals surface area contributed by atoms with Gasteiger partial charge < -0.3 is 5.32 Å². The van der Waals surface area contributed by atoms with Crippen LogP contribution in [-0.2, 0) is 21.0 Å². The second-order valence-corrected chi connectivity index (χ2v) is 8.97. The Labute approximate surface area is 172 Å². The van der Waals surface area contributed by atoms with E-state index in [4.69, 9.17) is 11.6 Å². The number of carbonyl (C=O) groups excluding carboxylic acids is 1. The molecule has 158 valence electrons. The fourth-order valence-corrected chi connectivity index (χ4v) is 4.26. The van der Waals surface area contributed by atoms with E-state index in [2.05, 4.69) is 5.32 Å². The van der Waals surface area contributed by atoms with Crippen molar-refractivity contribution in [2.24, 2.45) is 0 Å². The number of hydrogen-bond acceptors (Lipinski definition) is 3. The van der Waals surface area contributed by atoms with E-state index >= 15 is 0 Å². The monoisotopic (exact) mass is 448 g/mol. The molecule has 0 saturated heterocycles. The summed E-state index contributed by atoms with van der Waals surface area (Å²) in [5, 5.41) is 2.05. The summed E-state index contributed by atoms with van der Waals surface area (Å²) < 4.78 is 64.8. The quantitative estimate of drug-likeness (QED) is 0.716. The zero-order valence-electron chi connectivity index (χ0n) is 16.1. The van der Waals surface area contributed by atoms with Crippen LogP contribution in [0.3, 0.4) is 0 Å². The van der Waals surface area contributed by atoms with Crippen molar-refractivity contribution < 1.29 is 26.4 Å². The highest BCUT2D eigenvalue weighted by atomic mass is 35.5. The number of hydrogen-bond donors (Lipinski definition) is 1. The van der Waals surface area contributed by atoms with Gasteiger partial charge in [-0.3, -0.25) is 9.10 Å². The molecule has 0 radical (unpaired) electrons. The molecule has 0 aliphatic rings. The molecule has 1 amide bonds. The fourth-order valence-electron chi connectivity index (χ4n) is 2.87. The Kier molecular flexibility index (Phi) is 6.54. The lowest BCUT2D eigenvalue weighted by molar-refractivity contribution is -0.137. The lowest BCUT2D eigenvalue weighted by Crippen LogP contribution is -2.45. The van der Waals surface area contributed by atoms with Crippen LogP contribution in [0.4, 0.5) is 24.5 Å². The molecular weight excluding hydrogens is 429 g/mol. The summed E-state index contributed by atoms with van der Waals surface area (Å²) in [4.78, 5) is 12.7. The molecule has 0 bridgehead atoms. The minimum Gasteiger partial charge on any atom is -0.324 e. The fraction of sp³-hybridized carbons (Fsp3) is 0.316. The van der Waals surface area contributed by atoms with Gasteiger partial charge in [-0.25, -0.2) is 8.42 Å². The SMILES string of the molecule is Cc1ccc(NC(=O)C(C)N(c2ccc(Cl)c(C(F)(F)F)c2)S(C)(=O)=O)c(C)c1. The van der Waals surface area contributed by atoms with Crippen LogP contribution >= 0.6 is 11.6 Å². The summed E-state index contributed by atoms with van der Waals surface area (Å²) in [6.45, 7) is 4.95. The molecule has 29 heavy (non-hydrogen) atoms. The number of halogens is 4. The number of rotatable bonds is 5. The molecule has 2 rings (SSSR count). The molecule has 1 N–H and O–H groups in total. The zero-order valence-corrected chi connectivity index (χ0v) is 17.7. The molecule has 0 saturated carbocycles. The highest BCUT2D eigenvalue weighted by Crippen LogP contribution is 2.37. The first-order valence-electron chi connectivity index (χ1n) is 8.46. The summed E-state index contributed by atoms with van der Waals surface area (Å²) in [5.41, 5.74) is 0.724. The third kappa shape index (κ3) is 5.42. The van der Waals surface area contributed by atoms with Gasteiger partial charge in [0.1, 0.15) is 6.04 Å². The Morgan fingerprint density at radius 2 is 1.76 bits per heavy atom. The van der Waals surface area contributed by atoms with Crippen LogP contribution in [0.1, 0.15) is 23.6 Å². The van der Waals surface area contributed by atoms with Gasteiger partial charge in [0.2, 0.25) is 15.9 Å². The van der Waals surface area contributed by atoms with Crippen molar-refractivity contribution in [1.29, 1.82) is 0 Å². The molecule has 0 aliphatic heterocycles. The molecule has 2 aromatic carbocycles. The predicted octanol–water partition coefficient (Wildman–Crippen LogP) is 4.77. The van der Waals surface area contributed by atoms with E-state index in [9.17, 15) is 26.4 Å². The molecule has 0 spiro atoms.